The van der Waals surface area contributed by atoms with Crippen LogP contribution < -0.4 is 16.4 Å². The minimum atomic E-state index is -0.812. The van der Waals surface area contributed by atoms with E-state index >= 15 is 0 Å². The molecular formula is C34H38N4O4. The summed E-state index contributed by atoms with van der Waals surface area (Å²) in [6.45, 7) is 0.492. The van der Waals surface area contributed by atoms with Gasteiger partial charge in [-0.1, -0.05) is 78.9 Å². The van der Waals surface area contributed by atoms with E-state index in [0.29, 0.717) is 12.0 Å². The number of carbonyl (C=O) groups is 4. The van der Waals surface area contributed by atoms with Crippen molar-refractivity contribution in [2.24, 2.45) is 5.73 Å². The van der Waals surface area contributed by atoms with E-state index in [1.807, 2.05) is 42.5 Å². The van der Waals surface area contributed by atoms with Crippen LogP contribution in [0.4, 0.5) is 0 Å². The Bertz CT molecular complexity index is 1440. The first-order valence-corrected chi connectivity index (χ1v) is 14.7. The van der Waals surface area contributed by atoms with Crippen LogP contribution in [0.25, 0.3) is 0 Å². The zero-order chi connectivity index (χ0) is 29.5. The Kier molecular flexibility index (Phi) is 9.44. The summed E-state index contributed by atoms with van der Waals surface area (Å²) in [5, 5.41) is 6.03. The number of hydrogen-bond acceptors (Lipinski definition) is 5. The van der Waals surface area contributed by atoms with Crippen molar-refractivity contribution in [2.45, 2.75) is 69.6 Å². The molecule has 2 aliphatic rings. The van der Waals surface area contributed by atoms with Crippen molar-refractivity contribution in [3.63, 3.8) is 0 Å². The fourth-order valence-electron chi connectivity index (χ4n) is 5.98. The van der Waals surface area contributed by atoms with Gasteiger partial charge in [0.05, 0.1) is 0 Å². The molecule has 1 aliphatic heterocycles. The molecule has 0 aromatic heterocycles. The summed E-state index contributed by atoms with van der Waals surface area (Å²) in [5.74, 6) is -1.04. The van der Waals surface area contributed by atoms with Gasteiger partial charge in [0.25, 0.3) is 0 Å². The Hall–Kier alpha value is -4.30. The van der Waals surface area contributed by atoms with Gasteiger partial charge >= 0.3 is 0 Å². The molecule has 42 heavy (non-hydrogen) atoms. The molecule has 3 amide bonds. The van der Waals surface area contributed by atoms with Crippen LogP contribution in [0.5, 0.6) is 0 Å². The summed E-state index contributed by atoms with van der Waals surface area (Å²) in [6.07, 6.45) is 3.12. The van der Waals surface area contributed by atoms with Gasteiger partial charge in [0.1, 0.15) is 12.1 Å². The zero-order valence-corrected chi connectivity index (χ0v) is 23.8. The molecule has 1 unspecified atom stereocenters. The lowest BCUT2D eigenvalue weighted by Gasteiger charge is -2.37. The molecule has 3 atom stereocenters. The number of benzene rings is 3. The van der Waals surface area contributed by atoms with Crippen molar-refractivity contribution in [3.05, 3.63) is 107 Å². The first kappa shape index (κ1) is 29.2. The molecule has 218 valence electrons. The molecule has 0 saturated heterocycles. The van der Waals surface area contributed by atoms with E-state index in [2.05, 4.69) is 22.8 Å². The third kappa shape index (κ3) is 6.94. The fourth-order valence-corrected chi connectivity index (χ4v) is 5.98. The Balaban J connectivity index is 1.26. The monoisotopic (exact) mass is 566 g/mol. The summed E-state index contributed by atoms with van der Waals surface area (Å²) in [4.78, 5) is 54.8. The second kappa shape index (κ2) is 13.6. The Labute approximate surface area is 246 Å². The molecule has 5 rings (SSSR count). The molecule has 0 spiro atoms. The minimum absolute atomic E-state index is 0.00442. The number of rotatable bonds is 10. The van der Waals surface area contributed by atoms with E-state index in [0.717, 1.165) is 30.4 Å². The average Bonchev–Trinajstić information content (AvgIpc) is 3.02. The van der Waals surface area contributed by atoms with Crippen LogP contribution in [0.15, 0.2) is 78.9 Å². The van der Waals surface area contributed by atoms with E-state index in [1.165, 1.54) is 11.1 Å². The third-order valence-electron chi connectivity index (χ3n) is 8.31. The van der Waals surface area contributed by atoms with E-state index < -0.39 is 18.0 Å². The van der Waals surface area contributed by atoms with Crippen LogP contribution >= 0.6 is 0 Å². The van der Waals surface area contributed by atoms with Crippen LogP contribution in [0.3, 0.4) is 0 Å². The van der Waals surface area contributed by atoms with Crippen molar-refractivity contribution in [2.75, 3.05) is 6.54 Å². The molecule has 0 bridgehead atoms. The first-order chi connectivity index (χ1) is 20.4. The minimum Gasteiger partial charge on any atom is -0.351 e. The van der Waals surface area contributed by atoms with E-state index in [1.54, 1.807) is 29.2 Å². The van der Waals surface area contributed by atoms with Gasteiger partial charge in [0.2, 0.25) is 17.7 Å². The zero-order valence-electron chi connectivity index (χ0n) is 23.8. The molecule has 0 saturated carbocycles. The van der Waals surface area contributed by atoms with Gasteiger partial charge in [0, 0.05) is 37.4 Å². The predicted molar refractivity (Wildman–Crippen MR) is 160 cm³/mol. The largest absolute Gasteiger partial charge is 0.351 e. The maximum absolute atomic E-state index is 13.7. The molecule has 1 heterocycles. The van der Waals surface area contributed by atoms with Gasteiger partial charge in [0.15, 0.2) is 5.78 Å². The molecular weight excluding hydrogens is 528 g/mol. The normalized spacial score (nSPS) is 18.3. The number of nitrogens with two attached hydrogens (primary N) is 1. The number of amides is 3. The first-order valence-electron chi connectivity index (χ1n) is 14.7. The predicted octanol–water partition coefficient (Wildman–Crippen LogP) is 3.11. The highest BCUT2D eigenvalue weighted by atomic mass is 16.2. The molecule has 1 aliphatic carbocycles. The summed E-state index contributed by atoms with van der Waals surface area (Å²) >= 11 is 0. The summed E-state index contributed by atoms with van der Waals surface area (Å²) in [7, 11) is 0. The van der Waals surface area contributed by atoms with Crippen LogP contribution in [0, 0.1) is 0 Å². The van der Waals surface area contributed by atoms with Crippen LogP contribution in [-0.2, 0) is 40.2 Å². The number of nitrogens with one attached hydrogen (secondary N) is 2. The van der Waals surface area contributed by atoms with Crippen molar-refractivity contribution >= 4 is 23.5 Å². The lowest BCUT2D eigenvalue weighted by molar-refractivity contribution is -0.142. The number of carbonyl (C=O) groups excluding carboxylic acids is 4. The standard InChI is InChI=1S/C34H38N4O4/c35-19-18-29(33(41)36-28-15-14-23-8-4-5-11-25(23)20-28)37-34(42)30-21-26-12-6-7-13-27(26)22-38(30)32(40)17-16-31(39)24-9-2-1-3-10-24/h1-13,28-30H,14-22,35H2,(H,36,41)(H,37,42)/t28?,29-,30-/m0/s1. The second-order valence-electron chi connectivity index (χ2n) is 11.2. The van der Waals surface area contributed by atoms with Gasteiger partial charge < -0.3 is 21.3 Å². The molecule has 3 aromatic carbocycles. The van der Waals surface area contributed by atoms with E-state index in [4.69, 9.17) is 5.73 Å². The van der Waals surface area contributed by atoms with Crippen molar-refractivity contribution in [1.82, 2.24) is 15.5 Å². The maximum atomic E-state index is 13.7. The average molecular weight is 567 g/mol. The van der Waals surface area contributed by atoms with Crippen LogP contribution in [0.1, 0.15) is 58.3 Å². The van der Waals surface area contributed by atoms with E-state index in [-0.39, 0.29) is 56.0 Å². The molecule has 0 radical (unpaired) electrons. The summed E-state index contributed by atoms with van der Waals surface area (Å²) in [5.41, 5.74) is 10.9. The maximum Gasteiger partial charge on any atom is 0.243 e. The van der Waals surface area contributed by atoms with E-state index in [9.17, 15) is 19.2 Å². The number of nitrogens with zero attached hydrogens (tertiary/aromatic N) is 1. The van der Waals surface area contributed by atoms with Crippen molar-refractivity contribution in [3.8, 4) is 0 Å². The number of aryl methyl sites for hydroxylation is 1. The molecule has 3 aromatic rings. The summed E-state index contributed by atoms with van der Waals surface area (Å²) < 4.78 is 0. The van der Waals surface area contributed by atoms with Gasteiger partial charge in [-0.05, 0) is 54.5 Å². The summed E-state index contributed by atoms with van der Waals surface area (Å²) in [6, 6.07) is 23.2. The van der Waals surface area contributed by atoms with Gasteiger partial charge in [-0.2, -0.15) is 0 Å². The van der Waals surface area contributed by atoms with Gasteiger partial charge in [-0.15, -0.1) is 0 Å². The van der Waals surface area contributed by atoms with Crippen LogP contribution in [0.2, 0.25) is 0 Å². The molecule has 0 fully saturated rings. The topological polar surface area (TPSA) is 122 Å². The SMILES string of the molecule is NCC[C@H](NC(=O)[C@@H]1Cc2ccccc2CN1C(=O)CCC(=O)c1ccccc1)C(=O)NC1CCc2ccccc2C1. The highest BCUT2D eigenvalue weighted by Gasteiger charge is 2.36. The number of Topliss-reactive ketones (excluding diaryl/α,β-unsaturated/α-hetero) is 1. The highest BCUT2D eigenvalue weighted by Crippen LogP contribution is 2.25. The molecule has 8 nitrogen and oxygen atoms in total. The molecule has 8 heteroatoms. The lowest BCUT2D eigenvalue weighted by Crippen LogP contribution is -2.58. The Morgan fingerprint density at radius 2 is 1.45 bits per heavy atom. The highest BCUT2D eigenvalue weighted by molar-refractivity contribution is 5.98. The van der Waals surface area contributed by atoms with Crippen LogP contribution in [-0.4, -0.2) is 53.1 Å². The smallest absolute Gasteiger partial charge is 0.243 e. The number of fused-ring (bicyclic) bond motifs is 2. The Morgan fingerprint density at radius 1 is 0.810 bits per heavy atom. The van der Waals surface area contributed by atoms with Crippen molar-refractivity contribution < 1.29 is 19.2 Å². The fraction of sp³-hybridized carbons (Fsp3) is 0.353. The second-order valence-corrected chi connectivity index (χ2v) is 11.2. The number of ketones is 1. The lowest BCUT2D eigenvalue weighted by atomic mass is 9.88. The van der Waals surface area contributed by atoms with Gasteiger partial charge in [-0.3, -0.25) is 19.2 Å². The third-order valence-corrected chi connectivity index (χ3v) is 8.31. The quantitative estimate of drug-likeness (QED) is 0.326. The number of hydrogen-bond donors (Lipinski definition) is 3. The Morgan fingerprint density at radius 3 is 2.17 bits per heavy atom. The van der Waals surface area contributed by atoms with Crippen molar-refractivity contribution in [1.29, 1.82) is 0 Å². The molecule has 4 N–H and O–H groups in total. The van der Waals surface area contributed by atoms with Gasteiger partial charge in [-0.25, -0.2) is 0 Å².